The molecule has 0 atom stereocenters. The van der Waals surface area contributed by atoms with Gasteiger partial charge in [0.05, 0.1) is 17.2 Å². The smallest absolute Gasteiger partial charge is 0.256 e. The van der Waals surface area contributed by atoms with E-state index in [1.165, 1.54) is 30.2 Å². The second kappa shape index (κ2) is 9.45. The number of carbonyl (C=O) groups is 1. The number of rotatable bonds is 7. The summed E-state index contributed by atoms with van der Waals surface area (Å²) in [5, 5.41) is 22.5. The van der Waals surface area contributed by atoms with E-state index in [-0.39, 0.29) is 11.9 Å². The van der Waals surface area contributed by atoms with E-state index in [2.05, 4.69) is 60.5 Å². The summed E-state index contributed by atoms with van der Waals surface area (Å²) in [4.78, 5) is 26.4. The van der Waals surface area contributed by atoms with Crippen LogP contribution < -0.4 is 21.3 Å². The Hall–Kier alpha value is -4.03. The van der Waals surface area contributed by atoms with Crippen LogP contribution in [0.25, 0.3) is 0 Å². The molecule has 3 aromatic rings. The number of anilines is 4. The van der Waals surface area contributed by atoms with E-state index < -0.39 is 5.41 Å². The van der Waals surface area contributed by atoms with Gasteiger partial charge in [-0.2, -0.15) is 10.2 Å². The van der Waals surface area contributed by atoms with Gasteiger partial charge in [0, 0.05) is 48.3 Å². The quantitative estimate of drug-likeness (QED) is 0.378. The summed E-state index contributed by atoms with van der Waals surface area (Å²) in [5.74, 6) is 0.462. The Morgan fingerprint density at radius 3 is 2.65 bits per heavy atom. The summed E-state index contributed by atoms with van der Waals surface area (Å²) < 4.78 is 0. The number of amides is 1. The first-order valence-corrected chi connectivity index (χ1v) is 12.6. The van der Waals surface area contributed by atoms with Crippen molar-refractivity contribution in [3.05, 3.63) is 65.1 Å². The van der Waals surface area contributed by atoms with Crippen LogP contribution in [0.4, 0.5) is 23.1 Å². The zero-order chi connectivity index (χ0) is 26.2. The van der Waals surface area contributed by atoms with Crippen molar-refractivity contribution in [1.29, 1.82) is 5.26 Å². The molecule has 5 rings (SSSR count). The normalized spacial score (nSPS) is 15.6. The molecule has 190 valence electrons. The van der Waals surface area contributed by atoms with Gasteiger partial charge in [0.25, 0.3) is 5.91 Å². The van der Waals surface area contributed by atoms with E-state index in [1.54, 1.807) is 18.3 Å². The molecule has 9 nitrogen and oxygen atoms in total. The number of carbonyl (C=O) groups excluding carboxylic acids is 1. The van der Waals surface area contributed by atoms with Gasteiger partial charge >= 0.3 is 0 Å². The lowest BCUT2D eigenvalue weighted by Crippen LogP contribution is -2.33. The molecule has 1 saturated carbocycles. The Labute approximate surface area is 217 Å². The van der Waals surface area contributed by atoms with E-state index in [1.807, 2.05) is 27.7 Å². The molecule has 2 aromatic heterocycles. The molecule has 1 aromatic carbocycles. The van der Waals surface area contributed by atoms with Crippen LogP contribution in [0.5, 0.6) is 0 Å². The molecule has 4 N–H and O–H groups in total. The lowest BCUT2D eigenvalue weighted by molar-refractivity contribution is 0.0943. The van der Waals surface area contributed by atoms with Gasteiger partial charge in [0.15, 0.2) is 0 Å². The van der Waals surface area contributed by atoms with E-state index in [4.69, 9.17) is 0 Å². The van der Waals surface area contributed by atoms with Crippen LogP contribution >= 0.6 is 0 Å². The summed E-state index contributed by atoms with van der Waals surface area (Å²) in [6, 6.07) is 12.2. The number of nitrogens with zero attached hydrogens (tertiary/aromatic N) is 4. The third-order valence-corrected chi connectivity index (χ3v) is 6.96. The predicted molar refractivity (Wildman–Crippen MR) is 143 cm³/mol. The summed E-state index contributed by atoms with van der Waals surface area (Å²) in [5.41, 5.74) is 4.80. The minimum Gasteiger partial charge on any atom is -0.350 e. The standard InChI is InChI=1S/C28H32N8O/c1-17(2)33-25(37)21-14-32-26(35-19-5-6-22-18(11-19)13-30-16-28(22)8-9-28)36-24(21)34-20-7-10-31-23(12-20)27(3,4)15-29/h5-7,10-12,14,17,30H,8-9,13,16H2,1-4H3,(H,33,37)(H2,31,32,34,35,36). The molecule has 1 spiro atoms. The molecule has 3 heterocycles. The first-order chi connectivity index (χ1) is 17.7. The number of hydrogen-bond acceptors (Lipinski definition) is 8. The summed E-state index contributed by atoms with van der Waals surface area (Å²) >= 11 is 0. The number of hydrogen-bond donors (Lipinski definition) is 4. The van der Waals surface area contributed by atoms with Gasteiger partial charge in [0.1, 0.15) is 11.4 Å². The molecule has 2 aliphatic rings. The lowest BCUT2D eigenvalue weighted by atomic mass is 9.88. The molecule has 1 amide bonds. The van der Waals surface area contributed by atoms with Gasteiger partial charge in [0.2, 0.25) is 5.95 Å². The van der Waals surface area contributed by atoms with Gasteiger partial charge in [-0.05, 0) is 75.9 Å². The molecule has 1 fully saturated rings. The molecule has 0 saturated heterocycles. The molecule has 9 heteroatoms. The Bertz CT molecular complexity index is 1390. The van der Waals surface area contributed by atoms with Crippen molar-refractivity contribution in [3.63, 3.8) is 0 Å². The molecule has 1 aliphatic heterocycles. The summed E-state index contributed by atoms with van der Waals surface area (Å²) in [7, 11) is 0. The van der Waals surface area contributed by atoms with Crippen LogP contribution in [0.3, 0.4) is 0 Å². The van der Waals surface area contributed by atoms with Crippen LogP contribution in [0.2, 0.25) is 0 Å². The predicted octanol–water partition coefficient (Wildman–Crippen LogP) is 4.43. The molecular weight excluding hydrogens is 464 g/mol. The summed E-state index contributed by atoms with van der Waals surface area (Å²) in [6.07, 6.45) is 5.63. The third-order valence-electron chi connectivity index (χ3n) is 6.96. The minimum atomic E-state index is -0.756. The number of nitrogens with one attached hydrogen (secondary N) is 4. The van der Waals surface area contributed by atoms with Gasteiger partial charge < -0.3 is 21.3 Å². The lowest BCUT2D eigenvalue weighted by Gasteiger charge is -2.26. The minimum absolute atomic E-state index is 0.0408. The zero-order valence-electron chi connectivity index (χ0n) is 21.6. The fourth-order valence-corrected chi connectivity index (χ4v) is 4.68. The van der Waals surface area contributed by atoms with E-state index in [0.29, 0.717) is 34.1 Å². The van der Waals surface area contributed by atoms with Crippen LogP contribution in [0, 0.1) is 11.3 Å². The third kappa shape index (κ3) is 5.11. The van der Waals surface area contributed by atoms with Crippen molar-refractivity contribution in [1.82, 2.24) is 25.6 Å². The van der Waals surface area contributed by atoms with Crippen molar-refractivity contribution in [3.8, 4) is 6.07 Å². The highest BCUT2D eigenvalue weighted by Crippen LogP contribution is 2.50. The molecule has 0 bridgehead atoms. The van der Waals surface area contributed by atoms with Gasteiger partial charge in [-0.15, -0.1) is 0 Å². The second-order valence-corrected chi connectivity index (χ2v) is 10.8. The van der Waals surface area contributed by atoms with Crippen LogP contribution in [-0.4, -0.2) is 33.4 Å². The fraction of sp³-hybridized carbons (Fsp3) is 0.393. The first kappa shape index (κ1) is 24.7. The maximum absolute atomic E-state index is 12.9. The maximum Gasteiger partial charge on any atom is 0.256 e. The molecule has 37 heavy (non-hydrogen) atoms. The van der Waals surface area contributed by atoms with Gasteiger partial charge in [-0.3, -0.25) is 9.78 Å². The van der Waals surface area contributed by atoms with Crippen molar-refractivity contribution in [2.24, 2.45) is 0 Å². The maximum atomic E-state index is 12.9. The van der Waals surface area contributed by atoms with E-state index >= 15 is 0 Å². The van der Waals surface area contributed by atoms with Crippen molar-refractivity contribution < 1.29 is 4.79 Å². The number of aromatic nitrogens is 3. The molecule has 1 aliphatic carbocycles. The van der Waals surface area contributed by atoms with E-state index in [0.717, 1.165) is 18.8 Å². The van der Waals surface area contributed by atoms with Crippen molar-refractivity contribution in [2.45, 2.75) is 64.0 Å². The van der Waals surface area contributed by atoms with Crippen LogP contribution in [0.1, 0.15) is 67.7 Å². The SMILES string of the molecule is CC(C)NC(=O)c1cnc(Nc2ccc3c(c2)CNCC32CC2)nc1Nc1ccnc(C(C)(C)C#N)c1. The Morgan fingerprint density at radius 1 is 1.14 bits per heavy atom. The Morgan fingerprint density at radius 2 is 1.92 bits per heavy atom. The largest absolute Gasteiger partial charge is 0.350 e. The molecule has 0 unspecified atom stereocenters. The fourth-order valence-electron chi connectivity index (χ4n) is 4.68. The average Bonchev–Trinajstić information content (AvgIpc) is 3.63. The van der Waals surface area contributed by atoms with Crippen LogP contribution in [0.15, 0.2) is 42.7 Å². The monoisotopic (exact) mass is 496 g/mol. The molecule has 0 radical (unpaired) electrons. The van der Waals surface area contributed by atoms with Gasteiger partial charge in [-0.25, -0.2) is 4.98 Å². The average molecular weight is 497 g/mol. The Balaban J connectivity index is 1.45. The highest BCUT2D eigenvalue weighted by Gasteiger charge is 2.46. The number of benzene rings is 1. The second-order valence-electron chi connectivity index (χ2n) is 10.8. The summed E-state index contributed by atoms with van der Waals surface area (Å²) in [6.45, 7) is 9.32. The van der Waals surface area contributed by atoms with Crippen LogP contribution in [-0.2, 0) is 17.4 Å². The van der Waals surface area contributed by atoms with Gasteiger partial charge in [-0.1, -0.05) is 6.07 Å². The zero-order valence-corrected chi connectivity index (χ0v) is 21.6. The number of fused-ring (bicyclic) bond motifs is 2. The highest BCUT2D eigenvalue weighted by molar-refractivity contribution is 5.99. The Kier molecular flexibility index (Phi) is 6.30. The highest BCUT2D eigenvalue weighted by atomic mass is 16.1. The van der Waals surface area contributed by atoms with Crippen molar-refractivity contribution >= 4 is 29.0 Å². The first-order valence-electron chi connectivity index (χ1n) is 12.6. The van der Waals surface area contributed by atoms with E-state index in [9.17, 15) is 10.1 Å². The number of nitriles is 1. The number of pyridine rings is 1. The van der Waals surface area contributed by atoms with Crippen molar-refractivity contribution in [2.75, 3.05) is 17.2 Å². The molecular formula is C28H32N8O. The topological polar surface area (TPSA) is 128 Å².